The zero-order valence-electron chi connectivity index (χ0n) is 11.3. The predicted molar refractivity (Wildman–Crippen MR) is 78.4 cm³/mol. The van der Waals surface area contributed by atoms with Gasteiger partial charge in [0.1, 0.15) is 5.75 Å². The maximum Gasteiger partial charge on any atom is 0.122 e. The van der Waals surface area contributed by atoms with Crippen molar-refractivity contribution < 1.29 is 4.74 Å². The molecule has 1 aromatic heterocycles. The predicted octanol–water partition coefficient (Wildman–Crippen LogP) is 2.70. The summed E-state index contributed by atoms with van der Waals surface area (Å²) in [5.74, 6) is 0.781. The van der Waals surface area contributed by atoms with Crippen molar-refractivity contribution in [3.05, 3.63) is 48.3 Å². The highest BCUT2D eigenvalue weighted by Crippen LogP contribution is 2.26. The highest BCUT2D eigenvalue weighted by atomic mass is 16.5. The number of anilines is 2. The van der Waals surface area contributed by atoms with Crippen LogP contribution in [0.3, 0.4) is 0 Å². The van der Waals surface area contributed by atoms with Crippen molar-refractivity contribution in [1.29, 1.82) is 0 Å². The summed E-state index contributed by atoms with van der Waals surface area (Å²) in [6.45, 7) is 3.84. The molecule has 0 radical (unpaired) electrons. The van der Waals surface area contributed by atoms with E-state index in [0.29, 0.717) is 5.69 Å². The Balaban J connectivity index is 2.24. The first kappa shape index (κ1) is 13.2. The van der Waals surface area contributed by atoms with Crippen LogP contribution >= 0.6 is 0 Å². The third-order valence-corrected chi connectivity index (χ3v) is 3.02. The molecule has 100 valence electrons. The Morgan fingerprint density at radius 3 is 2.58 bits per heavy atom. The van der Waals surface area contributed by atoms with Crippen molar-refractivity contribution in [3.63, 3.8) is 0 Å². The molecule has 4 nitrogen and oxygen atoms in total. The molecular weight excluding hydrogens is 238 g/mol. The minimum Gasteiger partial charge on any atom is -0.497 e. The largest absolute Gasteiger partial charge is 0.497 e. The lowest BCUT2D eigenvalue weighted by molar-refractivity contribution is 0.415. The number of hydrogen-bond donors (Lipinski definition) is 1. The highest BCUT2D eigenvalue weighted by Gasteiger charge is 2.08. The highest BCUT2D eigenvalue weighted by molar-refractivity contribution is 5.60. The molecule has 4 heteroatoms. The molecule has 0 aliphatic rings. The maximum atomic E-state index is 5.90. The number of hydrogen-bond acceptors (Lipinski definition) is 4. The van der Waals surface area contributed by atoms with E-state index in [2.05, 4.69) is 16.8 Å². The van der Waals surface area contributed by atoms with Gasteiger partial charge in [0.25, 0.3) is 0 Å². The Labute approximate surface area is 113 Å². The topological polar surface area (TPSA) is 51.4 Å². The average molecular weight is 257 g/mol. The standard InChI is InChI=1S/C15H19N3O/c1-3-18(11-12-4-6-17-7-5-12)14-8-13(16)9-15(10-14)19-2/h4-10H,3,11,16H2,1-2H3. The molecule has 1 heterocycles. The summed E-state index contributed by atoms with van der Waals surface area (Å²) < 4.78 is 5.26. The van der Waals surface area contributed by atoms with Gasteiger partial charge >= 0.3 is 0 Å². The first-order valence-electron chi connectivity index (χ1n) is 6.31. The van der Waals surface area contributed by atoms with Crippen molar-refractivity contribution in [3.8, 4) is 5.75 Å². The molecule has 0 saturated heterocycles. The lowest BCUT2D eigenvalue weighted by Crippen LogP contribution is -2.22. The van der Waals surface area contributed by atoms with Gasteiger partial charge < -0.3 is 15.4 Å². The van der Waals surface area contributed by atoms with E-state index in [1.165, 1.54) is 5.56 Å². The van der Waals surface area contributed by atoms with Crippen LogP contribution in [-0.2, 0) is 6.54 Å². The van der Waals surface area contributed by atoms with Gasteiger partial charge in [-0.15, -0.1) is 0 Å². The molecule has 0 unspecified atom stereocenters. The normalized spacial score (nSPS) is 10.2. The summed E-state index contributed by atoms with van der Waals surface area (Å²) in [6, 6.07) is 9.83. The molecule has 0 amide bonds. The van der Waals surface area contributed by atoms with Gasteiger partial charge in [0.05, 0.1) is 7.11 Å². The summed E-state index contributed by atoms with van der Waals surface area (Å²) in [5.41, 5.74) is 8.90. The molecule has 19 heavy (non-hydrogen) atoms. The van der Waals surface area contributed by atoms with Gasteiger partial charge in [-0.2, -0.15) is 0 Å². The monoisotopic (exact) mass is 257 g/mol. The third kappa shape index (κ3) is 3.37. The van der Waals surface area contributed by atoms with E-state index in [9.17, 15) is 0 Å². The summed E-state index contributed by atoms with van der Waals surface area (Å²) in [4.78, 5) is 6.28. The maximum absolute atomic E-state index is 5.90. The van der Waals surface area contributed by atoms with Gasteiger partial charge in [0.2, 0.25) is 0 Å². The molecule has 0 aliphatic carbocycles. The fourth-order valence-electron chi connectivity index (χ4n) is 2.00. The number of aromatic nitrogens is 1. The van der Waals surface area contributed by atoms with E-state index < -0.39 is 0 Å². The second-order valence-corrected chi connectivity index (χ2v) is 4.33. The Bertz CT molecular complexity index is 528. The minimum atomic E-state index is 0.711. The number of pyridine rings is 1. The fraction of sp³-hybridized carbons (Fsp3) is 0.267. The molecule has 1 aromatic carbocycles. The molecule has 2 N–H and O–H groups in total. The molecule has 0 fully saturated rings. The van der Waals surface area contributed by atoms with Crippen LogP contribution in [0.2, 0.25) is 0 Å². The second kappa shape index (κ2) is 6.09. The minimum absolute atomic E-state index is 0.711. The zero-order valence-corrected chi connectivity index (χ0v) is 11.3. The quantitative estimate of drug-likeness (QED) is 0.837. The Morgan fingerprint density at radius 2 is 1.95 bits per heavy atom. The summed E-state index contributed by atoms with van der Waals surface area (Å²) in [7, 11) is 1.65. The van der Waals surface area contributed by atoms with E-state index in [-0.39, 0.29) is 0 Å². The fourth-order valence-corrected chi connectivity index (χ4v) is 2.00. The number of rotatable bonds is 5. The number of methoxy groups -OCH3 is 1. The van der Waals surface area contributed by atoms with Gasteiger partial charge in [-0.1, -0.05) is 0 Å². The molecule has 2 rings (SSSR count). The lowest BCUT2D eigenvalue weighted by Gasteiger charge is -2.24. The first-order chi connectivity index (χ1) is 9.22. The average Bonchev–Trinajstić information content (AvgIpc) is 2.45. The van der Waals surface area contributed by atoms with E-state index in [1.807, 2.05) is 42.7 Å². The van der Waals surface area contributed by atoms with Crippen molar-refractivity contribution >= 4 is 11.4 Å². The van der Waals surface area contributed by atoms with Gasteiger partial charge in [0.15, 0.2) is 0 Å². The van der Waals surface area contributed by atoms with Crippen LogP contribution in [0.15, 0.2) is 42.7 Å². The van der Waals surface area contributed by atoms with E-state index in [0.717, 1.165) is 24.5 Å². The number of nitrogen functional groups attached to an aromatic ring is 1. The summed E-state index contributed by atoms with van der Waals surface area (Å²) in [5, 5.41) is 0. The number of ether oxygens (including phenoxy) is 1. The van der Waals surface area contributed by atoms with Crippen LogP contribution in [0, 0.1) is 0 Å². The summed E-state index contributed by atoms with van der Waals surface area (Å²) >= 11 is 0. The SMILES string of the molecule is CCN(Cc1ccncc1)c1cc(N)cc(OC)c1. The molecule has 0 atom stereocenters. The van der Waals surface area contributed by atoms with Crippen LogP contribution < -0.4 is 15.4 Å². The molecular formula is C15H19N3O. The number of nitrogens with two attached hydrogens (primary N) is 1. The van der Waals surface area contributed by atoms with Crippen LogP contribution in [0.5, 0.6) is 5.75 Å². The first-order valence-corrected chi connectivity index (χ1v) is 6.31. The smallest absolute Gasteiger partial charge is 0.122 e. The zero-order chi connectivity index (χ0) is 13.7. The van der Waals surface area contributed by atoms with Crippen LogP contribution in [0.1, 0.15) is 12.5 Å². The number of benzene rings is 1. The van der Waals surface area contributed by atoms with Gasteiger partial charge in [-0.3, -0.25) is 4.98 Å². The van der Waals surface area contributed by atoms with Crippen molar-refractivity contribution in [1.82, 2.24) is 4.98 Å². The van der Waals surface area contributed by atoms with E-state index in [4.69, 9.17) is 10.5 Å². The van der Waals surface area contributed by atoms with Gasteiger partial charge in [-0.05, 0) is 30.7 Å². The molecule has 0 spiro atoms. The van der Waals surface area contributed by atoms with E-state index >= 15 is 0 Å². The lowest BCUT2D eigenvalue weighted by atomic mass is 10.2. The molecule has 0 aliphatic heterocycles. The van der Waals surface area contributed by atoms with Crippen molar-refractivity contribution in [2.24, 2.45) is 0 Å². The van der Waals surface area contributed by atoms with Crippen molar-refractivity contribution in [2.75, 3.05) is 24.3 Å². The second-order valence-electron chi connectivity index (χ2n) is 4.33. The van der Waals surface area contributed by atoms with Crippen LogP contribution in [0.4, 0.5) is 11.4 Å². The van der Waals surface area contributed by atoms with Crippen molar-refractivity contribution in [2.45, 2.75) is 13.5 Å². The van der Waals surface area contributed by atoms with Gasteiger partial charge in [0, 0.05) is 49.0 Å². The number of nitrogens with zero attached hydrogens (tertiary/aromatic N) is 2. The van der Waals surface area contributed by atoms with Crippen LogP contribution in [-0.4, -0.2) is 18.6 Å². The molecule has 0 bridgehead atoms. The Kier molecular flexibility index (Phi) is 4.23. The molecule has 0 saturated carbocycles. The van der Waals surface area contributed by atoms with Crippen LogP contribution in [0.25, 0.3) is 0 Å². The third-order valence-electron chi connectivity index (χ3n) is 3.02. The Morgan fingerprint density at radius 1 is 1.21 bits per heavy atom. The molecule has 2 aromatic rings. The summed E-state index contributed by atoms with van der Waals surface area (Å²) in [6.07, 6.45) is 3.62. The Hall–Kier alpha value is -2.23. The van der Waals surface area contributed by atoms with E-state index in [1.54, 1.807) is 7.11 Å². The van der Waals surface area contributed by atoms with Gasteiger partial charge in [-0.25, -0.2) is 0 Å².